The fourth-order valence-corrected chi connectivity index (χ4v) is 3.28. The van der Waals surface area contributed by atoms with Gasteiger partial charge in [0.05, 0.1) is 11.3 Å². The predicted octanol–water partition coefficient (Wildman–Crippen LogP) is 3.22. The third kappa shape index (κ3) is 6.11. The Morgan fingerprint density at radius 1 is 0.885 bits per heavy atom. The van der Waals surface area contributed by atoms with Crippen LogP contribution >= 0.6 is 0 Å². The normalized spacial score (nSPS) is 11.2. The van der Waals surface area contributed by atoms with Gasteiger partial charge in [-0.15, -0.1) is 0 Å². The molecule has 0 aliphatic heterocycles. The maximum absolute atomic E-state index is 12.1. The summed E-state index contributed by atoms with van der Waals surface area (Å²) in [7, 11) is -3.13. The highest BCUT2D eigenvalue weighted by Gasteiger charge is 2.12. The molecule has 2 aromatic carbocycles. The van der Waals surface area contributed by atoms with Gasteiger partial charge in [0.15, 0.2) is 22.2 Å². The third-order valence-electron chi connectivity index (χ3n) is 3.77. The van der Waals surface area contributed by atoms with Crippen LogP contribution in [0.4, 0.5) is 0 Å². The summed E-state index contributed by atoms with van der Waals surface area (Å²) in [6.07, 6.45) is 3.14. The SMILES string of the molecule is CCCc1ccc(C(=O)COC(=O)c2ccc(CS(C)(=O)=O)cc2)cc1. The lowest BCUT2D eigenvalue weighted by Gasteiger charge is -2.06. The number of sulfone groups is 1. The number of carbonyl (C=O) groups excluding carboxylic acids is 2. The van der Waals surface area contributed by atoms with Crippen LogP contribution < -0.4 is 0 Å². The molecule has 0 amide bonds. The van der Waals surface area contributed by atoms with Crippen LogP contribution in [0.2, 0.25) is 0 Å². The fourth-order valence-electron chi connectivity index (χ4n) is 2.48. The first-order valence-corrected chi connectivity index (χ1v) is 10.4. The van der Waals surface area contributed by atoms with E-state index in [-0.39, 0.29) is 23.7 Å². The summed E-state index contributed by atoms with van der Waals surface area (Å²) >= 11 is 0. The molecule has 0 atom stereocenters. The van der Waals surface area contributed by atoms with Crippen molar-refractivity contribution in [2.75, 3.05) is 12.9 Å². The molecule has 0 N–H and O–H groups in total. The monoisotopic (exact) mass is 374 g/mol. The highest BCUT2D eigenvalue weighted by Crippen LogP contribution is 2.11. The van der Waals surface area contributed by atoms with Gasteiger partial charge in [0, 0.05) is 11.8 Å². The molecule has 0 saturated carbocycles. The standard InChI is InChI=1S/C20H22O5S/c1-3-4-15-5-9-17(10-6-15)19(21)13-25-20(22)18-11-7-16(8-12-18)14-26(2,23)24/h5-12H,3-4,13-14H2,1-2H3. The Kier molecular flexibility index (Phi) is 6.69. The molecule has 0 aromatic heterocycles. The maximum atomic E-state index is 12.1. The second-order valence-corrected chi connectivity index (χ2v) is 8.35. The van der Waals surface area contributed by atoms with Gasteiger partial charge in [0.2, 0.25) is 0 Å². The molecule has 6 heteroatoms. The Bertz CT molecular complexity index is 865. The molecule has 0 unspecified atom stereocenters. The van der Waals surface area contributed by atoms with Gasteiger partial charge in [0.25, 0.3) is 0 Å². The first-order chi connectivity index (χ1) is 12.3. The van der Waals surface area contributed by atoms with Crippen molar-refractivity contribution in [3.05, 3.63) is 70.8 Å². The van der Waals surface area contributed by atoms with E-state index >= 15 is 0 Å². The molecule has 2 rings (SSSR count). The van der Waals surface area contributed by atoms with Gasteiger partial charge in [0.1, 0.15) is 0 Å². The molecule has 5 nitrogen and oxygen atoms in total. The van der Waals surface area contributed by atoms with Crippen molar-refractivity contribution < 1.29 is 22.7 Å². The lowest BCUT2D eigenvalue weighted by Crippen LogP contribution is -2.14. The van der Waals surface area contributed by atoms with E-state index in [0.717, 1.165) is 24.7 Å². The van der Waals surface area contributed by atoms with Gasteiger partial charge in [-0.1, -0.05) is 49.7 Å². The van der Waals surface area contributed by atoms with Gasteiger partial charge >= 0.3 is 5.97 Å². The van der Waals surface area contributed by atoms with Gasteiger partial charge in [-0.2, -0.15) is 0 Å². The Hall–Kier alpha value is -2.47. The zero-order valence-corrected chi connectivity index (χ0v) is 15.7. The molecule has 0 saturated heterocycles. The molecule has 26 heavy (non-hydrogen) atoms. The zero-order valence-electron chi connectivity index (χ0n) is 14.9. The molecule has 0 fully saturated rings. The smallest absolute Gasteiger partial charge is 0.338 e. The van der Waals surface area contributed by atoms with E-state index in [2.05, 4.69) is 6.92 Å². The molecule has 0 aliphatic carbocycles. The number of ketones is 1. The number of aryl methyl sites for hydroxylation is 1. The Labute approximate surface area is 153 Å². The number of hydrogen-bond donors (Lipinski definition) is 0. The van der Waals surface area contributed by atoms with Crippen molar-refractivity contribution in [1.82, 2.24) is 0 Å². The Balaban J connectivity index is 1.92. The van der Waals surface area contributed by atoms with Crippen molar-refractivity contribution in [2.24, 2.45) is 0 Å². The van der Waals surface area contributed by atoms with Gasteiger partial charge in [-0.25, -0.2) is 13.2 Å². The number of rotatable bonds is 8. The van der Waals surface area contributed by atoms with E-state index in [0.29, 0.717) is 11.1 Å². The second-order valence-electron chi connectivity index (χ2n) is 6.21. The number of esters is 1. The maximum Gasteiger partial charge on any atom is 0.338 e. The minimum Gasteiger partial charge on any atom is -0.454 e. The number of benzene rings is 2. The number of hydrogen-bond acceptors (Lipinski definition) is 5. The summed E-state index contributed by atoms with van der Waals surface area (Å²) in [5, 5.41) is 0. The van der Waals surface area contributed by atoms with Crippen LogP contribution in [0.5, 0.6) is 0 Å². The van der Waals surface area contributed by atoms with Crippen molar-refractivity contribution in [3.8, 4) is 0 Å². The first kappa shape index (κ1) is 19.8. The summed E-state index contributed by atoms with van der Waals surface area (Å²) in [6, 6.07) is 13.4. The van der Waals surface area contributed by atoms with Crippen LogP contribution in [-0.4, -0.2) is 33.0 Å². The highest BCUT2D eigenvalue weighted by atomic mass is 32.2. The van der Waals surface area contributed by atoms with Crippen molar-refractivity contribution in [1.29, 1.82) is 0 Å². The topological polar surface area (TPSA) is 77.5 Å². The van der Waals surface area contributed by atoms with Gasteiger partial charge in [-0.05, 0) is 29.7 Å². The summed E-state index contributed by atoms with van der Waals surface area (Å²) in [5.74, 6) is -0.976. The molecule has 0 spiro atoms. The minimum absolute atomic E-state index is 0.0885. The molecule has 0 radical (unpaired) electrons. The van der Waals surface area contributed by atoms with Crippen molar-refractivity contribution in [3.63, 3.8) is 0 Å². The molecule has 0 heterocycles. The molecule has 2 aromatic rings. The summed E-state index contributed by atoms with van der Waals surface area (Å²) < 4.78 is 27.6. The Morgan fingerprint density at radius 2 is 1.42 bits per heavy atom. The molecular formula is C20H22O5S. The summed E-state index contributed by atoms with van der Waals surface area (Å²) in [4.78, 5) is 24.1. The van der Waals surface area contributed by atoms with Gasteiger partial charge in [-0.3, -0.25) is 4.79 Å². The first-order valence-electron chi connectivity index (χ1n) is 8.34. The fraction of sp³-hybridized carbons (Fsp3) is 0.300. The number of carbonyl (C=O) groups is 2. The summed E-state index contributed by atoms with van der Waals surface area (Å²) in [5.41, 5.74) is 2.53. The largest absolute Gasteiger partial charge is 0.454 e. The lowest BCUT2D eigenvalue weighted by atomic mass is 10.1. The van der Waals surface area contributed by atoms with Crippen molar-refractivity contribution >= 4 is 21.6 Å². The van der Waals surface area contributed by atoms with Crippen molar-refractivity contribution in [2.45, 2.75) is 25.5 Å². The van der Waals surface area contributed by atoms with E-state index in [1.807, 2.05) is 12.1 Å². The zero-order chi connectivity index (χ0) is 19.2. The van der Waals surface area contributed by atoms with Crippen LogP contribution in [0.15, 0.2) is 48.5 Å². The molecule has 0 aliphatic rings. The number of ether oxygens (including phenoxy) is 1. The quantitative estimate of drug-likeness (QED) is 0.524. The third-order valence-corrected chi connectivity index (χ3v) is 4.63. The van der Waals surface area contributed by atoms with Crippen LogP contribution in [0.25, 0.3) is 0 Å². The minimum atomic E-state index is -3.13. The average molecular weight is 374 g/mol. The van der Waals surface area contributed by atoms with E-state index in [1.165, 1.54) is 12.1 Å². The van der Waals surface area contributed by atoms with Crippen LogP contribution in [-0.2, 0) is 26.7 Å². The van der Waals surface area contributed by atoms with Crippen LogP contribution in [0.1, 0.15) is 45.2 Å². The van der Waals surface area contributed by atoms with E-state index < -0.39 is 15.8 Å². The van der Waals surface area contributed by atoms with Gasteiger partial charge < -0.3 is 4.74 Å². The molecule has 138 valence electrons. The average Bonchev–Trinajstić information content (AvgIpc) is 2.59. The Morgan fingerprint density at radius 3 is 1.96 bits per heavy atom. The molecule has 0 bridgehead atoms. The van der Waals surface area contributed by atoms with E-state index in [4.69, 9.17) is 4.74 Å². The predicted molar refractivity (Wildman–Crippen MR) is 100 cm³/mol. The lowest BCUT2D eigenvalue weighted by molar-refractivity contribution is 0.0474. The second kappa shape index (κ2) is 8.76. The summed E-state index contributed by atoms with van der Waals surface area (Å²) in [6.45, 7) is 1.75. The van der Waals surface area contributed by atoms with E-state index in [1.54, 1.807) is 24.3 Å². The van der Waals surface area contributed by atoms with Crippen LogP contribution in [0.3, 0.4) is 0 Å². The van der Waals surface area contributed by atoms with Crippen LogP contribution in [0, 0.1) is 0 Å². The highest BCUT2D eigenvalue weighted by molar-refractivity contribution is 7.89. The molecular weight excluding hydrogens is 352 g/mol. The van der Waals surface area contributed by atoms with E-state index in [9.17, 15) is 18.0 Å². The number of Topliss-reactive ketones (excluding diaryl/α,β-unsaturated/α-hetero) is 1.